The zero-order valence-corrected chi connectivity index (χ0v) is 15.5. The van der Waals surface area contributed by atoms with Crippen LogP contribution < -0.4 is 0 Å². The number of rotatable bonds is 4. The second-order valence-electron chi connectivity index (χ2n) is 8.96. The highest BCUT2D eigenvalue weighted by Crippen LogP contribution is 2.39. The topological polar surface area (TPSA) is 41.4 Å². The summed E-state index contributed by atoms with van der Waals surface area (Å²) in [6.07, 6.45) is 7.96. The third-order valence-electron chi connectivity index (χ3n) is 5.34. The lowest BCUT2D eigenvalue weighted by molar-refractivity contribution is -0.131. The molecule has 2 fully saturated rings. The summed E-state index contributed by atoms with van der Waals surface area (Å²) in [5, 5.41) is 4.18. The van der Waals surface area contributed by atoms with Crippen LogP contribution in [0.4, 0.5) is 0 Å². The van der Waals surface area contributed by atoms with Crippen LogP contribution in [0, 0.1) is 10.8 Å². The van der Waals surface area contributed by atoms with E-state index in [1.54, 1.807) is 6.20 Å². The molecule has 1 spiro atoms. The molecule has 0 aliphatic carbocycles. The highest BCUT2D eigenvalue weighted by atomic mass is 16.2. The van der Waals surface area contributed by atoms with Crippen LogP contribution in [0.1, 0.15) is 46.5 Å². The second kappa shape index (κ2) is 6.87. The number of likely N-dealkylation sites (tertiary alicyclic amines) is 2. The number of amides is 1. The van der Waals surface area contributed by atoms with Crippen LogP contribution in [-0.4, -0.2) is 58.2 Å². The van der Waals surface area contributed by atoms with Crippen molar-refractivity contribution in [3.63, 3.8) is 0 Å². The Labute approximate surface area is 146 Å². The quantitative estimate of drug-likeness (QED) is 0.851. The summed E-state index contributed by atoms with van der Waals surface area (Å²) >= 11 is 0. The molecule has 0 bridgehead atoms. The van der Waals surface area contributed by atoms with Gasteiger partial charge in [0, 0.05) is 57.0 Å². The molecule has 1 amide bonds. The summed E-state index contributed by atoms with van der Waals surface area (Å²) in [5.41, 5.74) is 0.682. The number of aryl methyl sites for hydroxylation is 1. The van der Waals surface area contributed by atoms with E-state index in [0.29, 0.717) is 23.8 Å². The molecule has 1 unspecified atom stereocenters. The van der Waals surface area contributed by atoms with Gasteiger partial charge in [0.15, 0.2) is 0 Å². The Bertz CT molecular complexity index is 548. The Morgan fingerprint density at radius 1 is 1.21 bits per heavy atom. The maximum absolute atomic E-state index is 12.5. The third kappa shape index (κ3) is 4.38. The van der Waals surface area contributed by atoms with Crippen molar-refractivity contribution in [1.29, 1.82) is 0 Å². The van der Waals surface area contributed by atoms with Crippen molar-refractivity contribution in [1.82, 2.24) is 19.6 Å². The van der Waals surface area contributed by atoms with Crippen LogP contribution in [-0.2, 0) is 11.3 Å². The number of hydrogen-bond acceptors (Lipinski definition) is 3. The molecule has 24 heavy (non-hydrogen) atoms. The summed E-state index contributed by atoms with van der Waals surface area (Å²) in [7, 11) is 0. The summed E-state index contributed by atoms with van der Waals surface area (Å²) in [6.45, 7) is 13.0. The normalized spacial score (nSPS) is 25.5. The highest BCUT2D eigenvalue weighted by molar-refractivity contribution is 5.76. The second-order valence-corrected chi connectivity index (χ2v) is 8.96. The van der Waals surface area contributed by atoms with Crippen LogP contribution in [0.25, 0.3) is 0 Å². The Balaban J connectivity index is 1.52. The molecule has 3 rings (SSSR count). The molecule has 0 saturated carbocycles. The van der Waals surface area contributed by atoms with Gasteiger partial charge in [-0.15, -0.1) is 0 Å². The zero-order chi connectivity index (χ0) is 17.2. The first-order valence-electron chi connectivity index (χ1n) is 9.33. The van der Waals surface area contributed by atoms with Crippen molar-refractivity contribution < 1.29 is 4.79 Å². The molecule has 1 aromatic rings. The average molecular weight is 332 g/mol. The smallest absolute Gasteiger partial charge is 0.224 e. The van der Waals surface area contributed by atoms with Gasteiger partial charge in [-0.1, -0.05) is 20.8 Å². The Morgan fingerprint density at radius 2 is 2.04 bits per heavy atom. The number of carbonyl (C=O) groups is 1. The lowest BCUT2D eigenvalue weighted by Gasteiger charge is -2.42. The van der Waals surface area contributed by atoms with E-state index in [2.05, 4.69) is 35.7 Å². The first-order valence-corrected chi connectivity index (χ1v) is 9.33. The van der Waals surface area contributed by atoms with Crippen LogP contribution in [0.3, 0.4) is 0 Å². The van der Waals surface area contributed by atoms with Crippen molar-refractivity contribution in [3.8, 4) is 0 Å². The molecule has 1 atom stereocenters. The molecule has 134 valence electrons. The first-order chi connectivity index (χ1) is 11.4. The van der Waals surface area contributed by atoms with Gasteiger partial charge in [0.25, 0.3) is 0 Å². The lowest BCUT2D eigenvalue weighted by Crippen LogP contribution is -2.47. The van der Waals surface area contributed by atoms with E-state index in [1.807, 2.05) is 16.9 Å². The molecule has 5 nitrogen and oxygen atoms in total. The molecule has 0 N–H and O–H groups in total. The van der Waals surface area contributed by atoms with Gasteiger partial charge in [-0.25, -0.2) is 0 Å². The minimum Gasteiger partial charge on any atom is -0.342 e. The number of carbonyl (C=O) groups excluding carboxylic acids is 1. The highest BCUT2D eigenvalue weighted by Gasteiger charge is 2.42. The number of nitrogens with zero attached hydrogens (tertiary/aromatic N) is 4. The summed E-state index contributed by atoms with van der Waals surface area (Å²) in [6, 6.07) is 1.90. The molecule has 1 aromatic heterocycles. The van der Waals surface area contributed by atoms with E-state index >= 15 is 0 Å². The average Bonchev–Trinajstić information content (AvgIpc) is 3.13. The minimum absolute atomic E-state index is 0.287. The molecule has 0 radical (unpaired) electrons. The van der Waals surface area contributed by atoms with Crippen LogP contribution in [0.15, 0.2) is 18.5 Å². The predicted molar refractivity (Wildman–Crippen MR) is 95.6 cm³/mol. The maximum atomic E-state index is 12.5. The lowest BCUT2D eigenvalue weighted by atomic mass is 9.78. The van der Waals surface area contributed by atoms with E-state index in [0.717, 1.165) is 26.2 Å². The van der Waals surface area contributed by atoms with E-state index in [1.165, 1.54) is 25.8 Å². The van der Waals surface area contributed by atoms with E-state index in [-0.39, 0.29) is 5.91 Å². The van der Waals surface area contributed by atoms with Gasteiger partial charge in [0.1, 0.15) is 0 Å². The minimum atomic E-state index is 0.287. The fourth-order valence-corrected chi connectivity index (χ4v) is 4.40. The van der Waals surface area contributed by atoms with Crippen molar-refractivity contribution in [2.24, 2.45) is 10.8 Å². The van der Waals surface area contributed by atoms with Gasteiger partial charge < -0.3 is 9.80 Å². The Morgan fingerprint density at radius 3 is 2.75 bits per heavy atom. The standard InChI is InChI=1S/C19H32N4O/c1-18(2,3)14-21-10-4-7-19(15-21)8-13-22(16-19)17(24)6-12-23-11-5-9-20-23/h5,9,11H,4,6-8,10,12-16H2,1-3H3. The fourth-order valence-electron chi connectivity index (χ4n) is 4.40. The number of piperidine rings is 1. The largest absolute Gasteiger partial charge is 0.342 e. The van der Waals surface area contributed by atoms with Gasteiger partial charge in [-0.05, 0) is 37.3 Å². The number of hydrogen-bond donors (Lipinski definition) is 0. The fraction of sp³-hybridized carbons (Fsp3) is 0.789. The molecular formula is C19H32N4O. The van der Waals surface area contributed by atoms with Crippen molar-refractivity contribution in [2.75, 3.05) is 32.7 Å². The van der Waals surface area contributed by atoms with E-state index < -0.39 is 0 Å². The first kappa shape index (κ1) is 17.5. The SMILES string of the molecule is CC(C)(C)CN1CCCC2(CCN(C(=O)CCn3cccn3)C2)C1. The van der Waals surface area contributed by atoms with Gasteiger partial charge in [0.05, 0.1) is 0 Å². The van der Waals surface area contributed by atoms with E-state index in [9.17, 15) is 4.79 Å². The molecule has 2 aliphatic heterocycles. The summed E-state index contributed by atoms with van der Waals surface area (Å²) < 4.78 is 1.84. The van der Waals surface area contributed by atoms with Gasteiger partial charge in [-0.3, -0.25) is 9.48 Å². The Kier molecular flexibility index (Phi) is 5.00. The monoisotopic (exact) mass is 332 g/mol. The van der Waals surface area contributed by atoms with Crippen LogP contribution >= 0.6 is 0 Å². The molecule has 2 saturated heterocycles. The van der Waals surface area contributed by atoms with Crippen LogP contribution in [0.5, 0.6) is 0 Å². The molecule has 2 aliphatic rings. The Hall–Kier alpha value is -1.36. The van der Waals surface area contributed by atoms with Crippen molar-refractivity contribution in [3.05, 3.63) is 18.5 Å². The number of aromatic nitrogens is 2. The van der Waals surface area contributed by atoms with Gasteiger partial charge >= 0.3 is 0 Å². The van der Waals surface area contributed by atoms with E-state index in [4.69, 9.17) is 0 Å². The van der Waals surface area contributed by atoms with Crippen molar-refractivity contribution >= 4 is 5.91 Å². The third-order valence-corrected chi connectivity index (χ3v) is 5.34. The zero-order valence-electron chi connectivity index (χ0n) is 15.5. The van der Waals surface area contributed by atoms with Gasteiger partial charge in [-0.2, -0.15) is 5.10 Å². The van der Waals surface area contributed by atoms with Gasteiger partial charge in [0.2, 0.25) is 5.91 Å². The van der Waals surface area contributed by atoms with Crippen molar-refractivity contribution in [2.45, 2.75) is 53.0 Å². The molecule has 3 heterocycles. The van der Waals surface area contributed by atoms with Crippen LogP contribution in [0.2, 0.25) is 0 Å². The molecular weight excluding hydrogens is 300 g/mol. The summed E-state index contributed by atoms with van der Waals surface area (Å²) in [5.74, 6) is 0.287. The molecule has 5 heteroatoms. The molecule has 0 aromatic carbocycles. The predicted octanol–water partition coefficient (Wildman–Crippen LogP) is 2.63. The maximum Gasteiger partial charge on any atom is 0.224 e. The summed E-state index contributed by atoms with van der Waals surface area (Å²) in [4.78, 5) is 17.3.